The van der Waals surface area contributed by atoms with Crippen molar-refractivity contribution in [2.24, 2.45) is 17.8 Å². The SMILES string of the molecule is CC(C)C1CCC(COCC2=CC(=O)NC2=O)CC1. The Labute approximate surface area is 114 Å². The van der Waals surface area contributed by atoms with Gasteiger partial charge >= 0.3 is 0 Å². The molecule has 2 rings (SSSR count). The molecule has 0 spiro atoms. The second-order valence-corrected chi connectivity index (χ2v) is 6.03. The van der Waals surface area contributed by atoms with Crippen LogP contribution in [0.2, 0.25) is 0 Å². The topological polar surface area (TPSA) is 55.4 Å². The zero-order chi connectivity index (χ0) is 13.8. The average molecular weight is 265 g/mol. The van der Waals surface area contributed by atoms with E-state index >= 15 is 0 Å². The highest BCUT2D eigenvalue weighted by molar-refractivity contribution is 6.16. The van der Waals surface area contributed by atoms with E-state index in [1.165, 1.54) is 31.8 Å². The second-order valence-electron chi connectivity index (χ2n) is 6.03. The molecule has 1 aliphatic carbocycles. The Balaban J connectivity index is 1.66. The molecule has 2 aliphatic rings. The lowest BCUT2D eigenvalue weighted by Crippen LogP contribution is -2.24. The van der Waals surface area contributed by atoms with Crippen LogP contribution in [-0.4, -0.2) is 25.0 Å². The van der Waals surface area contributed by atoms with Crippen molar-refractivity contribution in [3.8, 4) is 0 Å². The third-order valence-electron chi connectivity index (χ3n) is 4.28. The summed E-state index contributed by atoms with van der Waals surface area (Å²) in [5.41, 5.74) is 0.445. The normalized spacial score (nSPS) is 27.6. The Morgan fingerprint density at radius 3 is 2.47 bits per heavy atom. The van der Waals surface area contributed by atoms with Crippen molar-refractivity contribution in [1.29, 1.82) is 0 Å². The van der Waals surface area contributed by atoms with Crippen LogP contribution in [0.1, 0.15) is 39.5 Å². The van der Waals surface area contributed by atoms with Crippen molar-refractivity contribution in [2.45, 2.75) is 39.5 Å². The quantitative estimate of drug-likeness (QED) is 0.774. The van der Waals surface area contributed by atoms with Gasteiger partial charge < -0.3 is 4.74 Å². The van der Waals surface area contributed by atoms with E-state index in [-0.39, 0.29) is 18.4 Å². The first-order valence-corrected chi connectivity index (χ1v) is 7.20. The van der Waals surface area contributed by atoms with Gasteiger partial charge in [-0.2, -0.15) is 0 Å². The molecule has 0 aromatic rings. The minimum atomic E-state index is -0.332. The van der Waals surface area contributed by atoms with Gasteiger partial charge in [0.2, 0.25) is 0 Å². The molecule has 1 aliphatic heterocycles. The maximum absolute atomic E-state index is 11.3. The van der Waals surface area contributed by atoms with Gasteiger partial charge in [-0.15, -0.1) is 0 Å². The average Bonchev–Trinajstić information content (AvgIpc) is 2.68. The lowest BCUT2D eigenvalue weighted by atomic mass is 9.77. The predicted octanol–water partition coefficient (Wildman–Crippen LogP) is 2.05. The third-order valence-corrected chi connectivity index (χ3v) is 4.28. The fourth-order valence-corrected chi connectivity index (χ4v) is 2.92. The molecule has 1 fully saturated rings. The van der Waals surface area contributed by atoms with Crippen LogP contribution < -0.4 is 5.32 Å². The predicted molar refractivity (Wildman–Crippen MR) is 72.3 cm³/mol. The summed E-state index contributed by atoms with van der Waals surface area (Å²) in [7, 11) is 0. The zero-order valence-corrected chi connectivity index (χ0v) is 11.8. The van der Waals surface area contributed by atoms with E-state index < -0.39 is 0 Å². The van der Waals surface area contributed by atoms with Gasteiger partial charge in [0, 0.05) is 18.3 Å². The number of rotatable bonds is 5. The van der Waals surface area contributed by atoms with Gasteiger partial charge in [-0.3, -0.25) is 14.9 Å². The van der Waals surface area contributed by atoms with E-state index in [0.717, 1.165) is 11.8 Å². The number of carbonyl (C=O) groups excluding carboxylic acids is 2. The zero-order valence-electron chi connectivity index (χ0n) is 11.8. The molecule has 0 radical (unpaired) electrons. The van der Waals surface area contributed by atoms with Crippen LogP contribution >= 0.6 is 0 Å². The molecule has 0 aromatic heterocycles. The summed E-state index contributed by atoms with van der Waals surface area (Å²) in [5, 5.41) is 2.22. The van der Waals surface area contributed by atoms with Crippen LogP contribution in [-0.2, 0) is 14.3 Å². The number of amides is 2. The summed E-state index contributed by atoms with van der Waals surface area (Å²) in [4.78, 5) is 22.3. The van der Waals surface area contributed by atoms with Gasteiger partial charge in [0.05, 0.1) is 6.61 Å². The Morgan fingerprint density at radius 2 is 1.95 bits per heavy atom. The maximum atomic E-state index is 11.3. The van der Waals surface area contributed by atoms with Crippen molar-refractivity contribution in [3.05, 3.63) is 11.6 Å². The molecule has 0 aromatic carbocycles. The van der Waals surface area contributed by atoms with E-state index in [4.69, 9.17) is 4.74 Å². The summed E-state index contributed by atoms with van der Waals surface area (Å²) in [6.07, 6.45) is 6.33. The summed E-state index contributed by atoms with van der Waals surface area (Å²) in [6, 6.07) is 0. The number of imide groups is 1. The van der Waals surface area contributed by atoms with Crippen LogP contribution in [0.5, 0.6) is 0 Å². The maximum Gasteiger partial charge on any atom is 0.256 e. The van der Waals surface area contributed by atoms with Gasteiger partial charge in [0.25, 0.3) is 11.8 Å². The highest BCUT2D eigenvalue weighted by Gasteiger charge is 2.24. The number of ether oxygens (including phenoxy) is 1. The van der Waals surface area contributed by atoms with Crippen LogP contribution in [0.4, 0.5) is 0 Å². The highest BCUT2D eigenvalue weighted by Crippen LogP contribution is 2.33. The first-order valence-electron chi connectivity index (χ1n) is 7.20. The fraction of sp³-hybridized carbons (Fsp3) is 0.733. The van der Waals surface area contributed by atoms with Crippen LogP contribution in [0, 0.1) is 17.8 Å². The monoisotopic (exact) mass is 265 g/mol. The molecule has 2 amide bonds. The number of carbonyl (C=O) groups is 2. The molecule has 1 N–H and O–H groups in total. The highest BCUT2D eigenvalue weighted by atomic mass is 16.5. The van der Waals surface area contributed by atoms with E-state index in [0.29, 0.717) is 18.1 Å². The lowest BCUT2D eigenvalue weighted by Gasteiger charge is -2.30. The molecule has 1 saturated carbocycles. The van der Waals surface area contributed by atoms with Crippen LogP contribution in [0.25, 0.3) is 0 Å². The van der Waals surface area contributed by atoms with Crippen molar-refractivity contribution in [2.75, 3.05) is 13.2 Å². The molecule has 0 atom stereocenters. The lowest BCUT2D eigenvalue weighted by molar-refractivity contribution is -0.124. The summed E-state index contributed by atoms with van der Waals surface area (Å²) in [6.45, 7) is 5.54. The van der Waals surface area contributed by atoms with Crippen molar-refractivity contribution in [3.63, 3.8) is 0 Å². The van der Waals surface area contributed by atoms with Crippen molar-refractivity contribution < 1.29 is 14.3 Å². The summed E-state index contributed by atoms with van der Waals surface area (Å²) in [5.74, 6) is 1.60. The van der Waals surface area contributed by atoms with Gasteiger partial charge in [-0.1, -0.05) is 13.8 Å². The van der Waals surface area contributed by atoms with Gasteiger partial charge in [-0.05, 0) is 43.4 Å². The Bertz CT molecular complexity index is 379. The first-order chi connectivity index (χ1) is 9.06. The third kappa shape index (κ3) is 3.90. The molecule has 0 saturated heterocycles. The Morgan fingerprint density at radius 1 is 1.26 bits per heavy atom. The van der Waals surface area contributed by atoms with Gasteiger partial charge in [0.15, 0.2) is 0 Å². The van der Waals surface area contributed by atoms with Gasteiger partial charge in [-0.25, -0.2) is 0 Å². The van der Waals surface area contributed by atoms with Crippen LogP contribution in [0.15, 0.2) is 11.6 Å². The molecule has 0 bridgehead atoms. The molecule has 1 heterocycles. The largest absolute Gasteiger partial charge is 0.376 e. The smallest absolute Gasteiger partial charge is 0.256 e. The standard InChI is InChI=1S/C15H23NO3/c1-10(2)12-5-3-11(4-6-12)8-19-9-13-7-14(17)16-15(13)18/h7,10-12H,3-6,8-9H2,1-2H3,(H,16,17,18). The minimum Gasteiger partial charge on any atom is -0.376 e. The van der Waals surface area contributed by atoms with E-state index in [9.17, 15) is 9.59 Å². The molecule has 19 heavy (non-hydrogen) atoms. The van der Waals surface area contributed by atoms with Gasteiger partial charge in [0.1, 0.15) is 0 Å². The van der Waals surface area contributed by atoms with Crippen molar-refractivity contribution in [1.82, 2.24) is 5.32 Å². The molecule has 4 nitrogen and oxygen atoms in total. The molecular weight excluding hydrogens is 242 g/mol. The fourth-order valence-electron chi connectivity index (χ4n) is 2.92. The molecule has 106 valence electrons. The second kappa shape index (κ2) is 6.33. The van der Waals surface area contributed by atoms with Crippen molar-refractivity contribution >= 4 is 11.8 Å². The minimum absolute atomic E-state index is 0.252. The number of hydrogen-bond donors (Lipinski definition) is 1. The number of nitrogens with one attached hydrogen (secondary N) is 1. The summed E-state index contributed by atoms with van der Waals surface area (Å²) < 4.78 is 5.59. The Kier molecular flexibility index (Phi) is 4.75. The van der Waals surface area contributed by atoms with E-state index in [2.05, 4.69) is 19.2 Å². The molecule has 4 heteroatoms. The van der Waals surface area contributed by atoms with Crippen LogP contribution in [0.3, 0.4) is 0 Å². The van der Waals surface area contributed by atoms with E-state index in [1.54, 1.807) is 0 Å². The molecular formula is C15H23NO3. The first kappa shape index (κ1) is 14.3. The number of hydrogen-bond acceptors (Lipinski definition) is 3. The molecule has 0 unspecified atom stereocenters. The van der Waals surface area contributed by atoms with E-state index in [1.807, 2.05) is 0 Å². The Hall–Kier alpha value is -1.16. The summed E-state index contributed by atoms with van der Waals surface area (Å²) >= 11 is 0.